The van der Waals surface area contributed by atoms with Crippen molar-refractivity contribution in [1.82, 2.24) is 9.88 Å². The second kappa shape index (κ2) is 7.96. The van der Waals surface area contributed by atoms with Gasteiger partial charge in [0.15, 0.2) is 0 Å². The Kier molecular flexibility index (Phi) is 5.47. The summed E-state index contributed by atoms with van der Waals surface area (Å²) < 4.78 is 5.71. The van der Waals surface area contributed by atoms with Gasteiger partial charge in [-0.3, -0.25) is 14.5 Å². The van der Waals surface area contributed by atoms with Gasteiger partial charge in [-0.05, 0) is 11.6 Å². The van der Waals surface area contributed by atoms with Crippen LogP contribution in [-0.4, -0.2) is 47.5 Å². The average molecular weight is 342 g/mol. The van der Waals surface area contributed by atoms with Crippen LogP contribution in [0.3, 0.4) is 0 Å². The lowest BCUT2D eigenvalue weighted by Gasteiger charge is -2.32. The van der Waals surface area contributed by atoms with E-state index in [9.17, 15) is 9.59 Å². The zero-order valence-electron chi connectivity index (χ0n) is 13.9. The number of aromatic amines is 1. The van der Waals surface area contributed by atoms with Crippen LogP contribution >= 0.6 is 0 Å². The van der Waals surface area contributed by atoms with Crippen LogP contribution in [0.25, 0.3) is 0 Å². The predicted octanol–water partition coefficient (Wildman–Crippen LogP) is 1.34. The fraction of sp³-hybridized carbons (Fsp3) is 0.333. The monoisotopic (exact) mass is 342 g/mol. The Hall–Kier alpha value is -2.64. The number of primary amides is 1. The van der Waals surface area contributed by atoms with E-state index in [2.05, 4.69) is 27.3 Å². The molecule has 7 heteroatoms. The van der Waals surface area contributed by atoms with E-state index in [4.69, 9.17) is 10.5 Å². The molecule has 4 N–H and O–H groups in total. The molecule has 1 aromatic heterocycles. The number of morpholine rings is 1. The number of hydrogen-bond acceptors (Lipinski definition) is 4. The van der Waals surface area contributed by atoms with Crippen molar-refractivity contribution in [3.63, 3.8) is 0 Å². The van der Waals surface area contributed by atoms with Gasteiger partial charge in [0.25, 0.3) is 5.91 Å². The fourth-order valence-electron chi connectivity index (χ4n) is 2.92. The number of amides is 2. The highest BCUT2D eigenvalue weighted by Crippen LogP contribution is 2.14. The lowest BCUT2D eigenvalue weighted by molar-refractivity contribution is -0.121. The topological polar surface area (TPSA) is 100 Å². The number of H-pyrrole nitrogens is 1. The van der Waals surface area contributed by atoms with Crippen LogP contribution in [0, 0.1) is 0 Å². The summed E-state index contributed by atoms with van der Waals surface area (Å²) in [6, 6.07) is 11.8. The van der Waals surface area contributed by atoms with Crippen LogP contribution in [0.2, 0.25) is 0 Å². The van der Waals surface area contributed by atoms with Crippen molar-refractivity contribution in [3.8, 4) is 0 Å². The van der Waals surface area contributed by atoms with E-state index in [0.29, 0.717) is 18.8 Å². The highest BCUT2D eigenvalue weighted by atomic mass is 16.5. The number of nitrogens with zero attached hydrogens (tertiary/aromatic N) is 1. The van der Waals surface area contributed by atoms with E-state index in [0.717, 1.165) is 13.1 Å². The van der Waals surface area contributed by atoms with Crippen molar-refractivity contribution in [3.05, 3.63) is 53.9 Å². The molecule has 132 valence electrons. The zero-order chi connectivity index (χ0) is 17.6. The van der Waals surface area contributed by atoms with Gasteiger partial charge in [0.05, 0.1) is 24.8 Å². The first-order valence-electron chi connectivity index (χ1n) is 8.26. The molecule has 2 heterocycles. The van der Waals surface area contributed by atoms with Crippen molar-refractivity contribution in [2.45, 2.75) is 19.1 Å². The minimum absolute atomic E-state index is 0.146. The molecule has 3 rings (SSSR count). The number of rotatable bonds is 6. The van der Waals surface area contributed by atoms with E-state index in [1.807, 2.05) is 18.2 Å². The number of nitrogens with one attached hydrogen (secondary N) is 2. The Morgan fingerprint density at radius 1 is 1.32 bits per heavy atom. The van der Waals surface area contributed by atoms with Crippen molar-refractivity contribution >= 4 is 17.5 Å². The number of nitrogens with two attached hydrogens (primary N) is 1. The molecule has 7 nitrogen and oxygen atoms in total. The SMILES string of the molecule is NC(=O)c1cc(NC(=O)CC2CN(Cc3ccccc3)CCO2)c[nH]1. The van der Waals surface area contributed by atoms with Crippen LogP contribution in [-0.2, 0) is 16.1 Å². The average Bonchev–Trinajstić information content (AvgIpc) is 3.05. The summed E-state index contributed by atoms with van der Waals surface area (Å²) in [5, 5.41) is 2.75. The minimum atomic E-state index is -0.562. The number of ether oxygens (including phenoxy) is 1. The summed E-state index contributed by atoms with van der Waals surface area (Å²) in [6.07, 6.45) is 1.66. The summed E-state index contributed by atoms with van der Waals surface area (Å²) in [6.45, 7) is 3.03. The summed E-state index contributed by atoms with van der Waals surface area (Å²) >= 11 is 0. The maximum absolute atomic E-state index is 12.2. The van der Waals surface area contributed by atoms with Crippen LogP contribution < -0.4 is 11.1 Å². The molecule has 2 aromatic rings. The first-order chi connectivity index (χ1) is 12.1. The van der Waals surface area contributed by atoms with Crippen LogP contribution in [0.15, 0.2) is 42.6 Å². The lowest BCUT2D eigenvalue weighted by Crippen LogP contribution is -2.43. The number of hydrogen-bond donors (Lipinski definition) is 3. The van der Waals surface area contributed by atoms with Crippen molar-refractivity contribution < 1.29 is 14.3 Å². The number of aromatic nitrogens is 1. The first-order valence-corrected chi connectivity index (χ1v) is 8.26. The maximum Gasteiger partial charge on any atom is 0.265 e. The molecule has 2 amide bonds. The molecular weight excluding hydrogens is 320 g/mol. The van der Waals surface area contributed by atoms with Gasteiger partial charge in [0.1, 0.15) is 5.69 Å². The molecule has 1 unspecified atom stereocenters. The lowest BCUT2D eigenvalue weighted by atomic mass is 10.1. The Morgan fingerprint density at radius 3 is 2.84 bits per heavy atom. The number of anilines is 1. The third kappa shape index (κ3) is 4.91. The molecule has 1 aliphatic rings. The van der Waals surface area contributed by atoms with E-state index in [1.54, 1.807) is 6.20 Å². The van der Waals surface area contributed by atoms with Crippen molar-refractivity contribution in [1.29, 1.82) is 0 Å². The van der Waals surface area contributed by atoms with Gasteiger partial charge in [0, 0.05) is 25.8 Å². The standard InChI is InChI=1S/C18H22N4O3/c19-18(24)16-8-14(10-20-16)21-17(23)9-15-12-22(6-7-25-15)11-13-4-2-1-3-5-13/h1-5,8,10,15,20H,6-7,9,11-12H2,(H2,19,24)(H,21,23). The maximum atomic E-state index is 12.2. The summed E-state index contributed by atoms with van der Waals surface area (Å²) in [7, 11) is 0. The third-order valence-electron chi connectivity index (χ3n) is 4.12. The smallest absolute Gasteiger partial charge is 0.265 e. The fourth-order valence-corrected chi connectivity index (χ4v) is 2.92. The summed E-state index contributed by atoms with van der Waals surface area (Å²) in [4.78, 5) is 28.3. The van der Waals surface area contributed by atoms with Gasteiger partial charge in [-0.1, -0.05) is 30.3 Å². The van der Waals surface area contributed by atoms with Gasteiger partial charge in [-0.25, -0.2) is 0 Å². The van der Waals surface area contributed by atoms with Gasteiger partial charge in [-0.15, -0.1) is 0 Å². The molecule has 1 atom stereocenters. The highest BCUT2D eigenvalue weighted by Gasteiger charge is 2.23. The van der Waals surface area contributed by atoms with Gasteiger partial charge in [0.2, 0.25) is 5.91 Å². The van der Waals surface area contributed by atoms with Crippen molar-refractivity contribution in [2.75, 3.05) is 25.0 Å². The number of carbonyl (C=O) groups excluding carboxylic acids is 2. The highest BCUT2D eigenvalue weighted by molar-refractivity contribution is 5.95. The molecule has 1 aliphatic heterocycles. The second-order valence-corrected chi connectivity index (χ2v) is 6.13. The number of carbonyl (C=O) groups is 2. The molecular formula is C18H22N4O3. The molecule has 0 bridgehead atoms. The van der Waals surface area contributed by atoms with E-state index < -0.39 is 5.91 Å². The Bertz CT molecular complexity index is 729. The van der Waals surface area contributed by atoms with Gasteiger partial charge in [-0.2, -0.15) is 0 Å². The van der Waals surface area contributed by atoms with E-state index >= 15 is 0 Å². The molecule has 0 radical (unpaired) electrons. The number of benzene rings is 1. The quantitative estimate of drug-likeness (QED) is 0.737. The first kappa shape index (κ1) is 17.2. The normalized spacial score (nSPS) is 18.0. The Balaban J connectivity index is 1.49. The molecule has 0 saturated carbocycles. The predicted molar refractivity (Wildman–Crippen MR) is 94.0 cm³/mol. The molecule has 0 aliphatic carbocycles. The molecule has 1 aromatic carbocycles. The minimum Gasteiger partial charge on any atom is -0.375 e. The molecule has 1 saturated heterocycles. The van der Waals surface area contributed by atoms with E-state index in [1.165, 1.54) is 11.6 Å². The van der Waals surface area contributed by atoms with Gasteiger partial charge >= 0.3 is 0 Å². The van der Waals surface area contributed by atoms with E-state index in [-0.39, 0.29) is 24.1 Å². The van der Waals surface area contributed by atoms with Crippen LogP contribution in [0.1, 0.15) is 22.5 Å². The van der Waals surface area contributed by atoms with Gasteiger partial charge < -0.3 is 20.8 Å². The molecule has 1 fully saturated rings. The summed E-state index contributed by atoms with van der Waals surface area (Å²) in [5.74, 6) is -0.714. The summed E-state index contributed by atoms with van der Waals surface area (Å²) in [5.41, 5.74) is 7.21. The Labute approximate surface area is 146 Å². The molecule has 25 heavy (non-hydrogen) atoms. The molecule has 0 spiro atoms. The largest absolute Gasteiger partial charge is 0.375 e. The van der Waals surface area contributed by atoms with Crippen LogP contribution in [0.4, 0.5) is 5.69 Å². The second-order valence-electron chi connectivity index (χ2n) is 6.13. The third-order valence-corrected chi connectivity index (χ3v) is 4.12. The zero-order valence-corrected chi connectivity index (χ0v) is 13.9. The Morgan fingerprint density at radius 2 is 2.12 bits per heavy atom. The van der Waals surface area contributed by atoms with Crippen molar-refractivity contribution in [2.24, 2.45) is 5.73 Å². The van der Waals surface area contributed by atoms with Crippen LogP contribution in [0.5, 0.6) is 0 Å².